The molecule has 0 bridgehead atoms. The van der Waals surface area contributed by atoms with Crippen LogP contribution in [-0.4, -0.2) is 5.71 Å². The zero-order chi connectivity index (χ0) is 22.3. The van der Waals surface area contributed by atoms with Crippen LogP contribution in [0, 0.1) is 36.0 Å². The molecule has 1 aromatic rings. The highest BCUT2D eigenvalue weighted by molar-refractivity contribution is 6.03. The summed E-state index contributed by atoms with van der Waals surface area (Å²) in [5.74, 6) is 7.67. The molecule has 1 fully saturated rings. The van der Waals surface area contributed by atoms with Crippen molar-refractivity contribution in [1.29, 1.82) is 0 Å². The molecule has 3 atom stereocenters. The molecular weight excluding hydrogens is 386 g/mol. The van der Waals surface area contributed by atoms with Crippen molar-refractivity contribution in [2.45, 2.75) is 40.0 Å². The number of fused-ring (bicyclic) bond motifs is 2. The van der Waals surface area contributed by atoms with Crippen LogP contribution in [0.1, 0.15) is 49.8 Å². The van der Waals surface area contributed by atoms with Crippen LogP contribution in [0.25, 0.3) is 5.57 Å². The van der Waals surface area contributed by atoms with Crippen LogP contribution in [0.15, 0.2) is 94.9 Å². The maximum atomic E-state index is 4.51. The fraction of sp³-hybridized carbons (Fsp3) is 0.290. The van der Waals surface area contributed by atoms with Gasteiger partial charge in [0.1, 0.15) is 0 Å². The summed E-state index contributed by atoms with van der Waals surface area (Å²) in [7, 11) is 0. The molecule has 0 saturated heterocycles. The lowest BCUT2D eigenvalue weighted by atomic mass is 9.83. The van der Waals surface area contributed by atoms with Crippen molar-refractivity contribution in [3.8, 4) is 11.8 Å². The summed E-state index contributed by atoms with van der Waals surface area (Å²) in [6.45, 7) is 10.7. The fourth-order valence-electron chi connectivity index (χ4n) is 5.22. The number of nitrogens with zero attached hydrogens (tertiary/aromatic N) is 1. The van der Waals surface area contributed by atoms with Crippen LogP contribution in [-0.2, 0) is 0 Å². The molecule has 1 aromatic carbocycles. The highest BCUT2D eigenvalue weighted by Gasteiger charge is 2.52. The van der Waals surface area contributed by atoms with Crippen LogP contribution < -0.4 is 0 Å². The van der Waals surface area contributed by atoms with Crippen LogP contribution >= 0.6 is 0 Å². The van der Waals surface area contributed by atoms with Gasteiger partial charge in [-0.3, -0.25) is 4.99 Å². The Labute approximate surface area is 192 Å². The molecule has 3 aliphatic carbocycles. The second-order valence-electron chi connectivity index (χ2n) is 9.39. The van der Waals surface area contributed by atoms with Crippen LogP contribution in [0.4, 0.5) is 0 Å². The van der Waals surface area contributed by atoms with Gasteiger partial charge in [-0.05, 0) is 67.9 Å². The number of allylic oxidation sites excluding steroid dienone is 10. The van der Waals surface area contributed by atoms with Crippen molar-refractivity contribution in [1.82, 2.24) is 0 Å². The van der Waals surface area contributed by atoms with Crippen LogP contribution in [0.2, 0.25) is 0 Å². The molecule has 3 unspecified atom stereocenters. The Kier molecular flexibility index (Phi) is 5.13. The van der Waals surface area contributed by atoms with Gasteiger partial charge in [0, 0.05) is 28.3 Å². The number of hydrogen-bond acceptors (Lipinski definition) is 1. The minimum absolute atomic E-state index is 0.202. The third-order valence-corrected chi connectivity index (χ3v) is 7.31. The normalized spacial score (nSPS) is 26.5. The number of aliphatic imine (C=N–C) groups is 1. The molecule has 1 aliphatic heterocycles. The summed E-state index contributed by atoms with van der Waals surface area (Å²) >= 11 is 0. The molecule has 5 rings (SSSR count). The second kappa shape index (κ2) is 7.98. The van der Waals surface area contributed by atoms with Gasteiger partial charge in [0.2, 0.25) is 0 Å². The molecule has 0 spiro atoms. The lowest BCUT2D eigenvalue weighted by Gasteiger charge is -2.21. The number of benzene rings is 1. The first kappa shape index (κ1) is 20.6. The molecule has 0 radical (unpaired) electrons. The fourth-order valence-corrected chi connectivity index (χ4v) is 5.22. The summed E-state index contributed by atoms with van der Waals surface area (Å²) < 4.78 is 0. The van der Waals surface area contributed by atoms with E-state index >= 15 is 0 Å². The minimum Gasteiger partial charge on any atom is -0.259 e. The van der Waals surface area contributed by atoms with E-state index in [9.17, 15) is 0 Å². The van der Waals surface area contributed by atoms with Gasteiger partial charge in [-0.25, -0.2) is 0 Å². The van der Waals surface area contributed by atoms with Crippen molar-refractivity contribution >= 4 is 11.3 Å². The first-order chi connectivity index (χ1) is 15.5. The standard InChI is InChI=1S/C31H29N/c1-5-23-16-28-19-31(28,17-22(23)4)18-24(6-2)26-12-11-21(3)25(15-26)13-14-27-20-32-30-10-8-7-9-29(27)30/h7-12,15-17,20,28-29H,2,5,18-19H2,1,3-4H3. The van der Waals surface area contributed by atoms with Crippen molar-refractivity contribution in [2.24, 2.45) is 22.2 Å². The van der Waals surface area contributed by atoms with E-state index in [1.165, 1.54) is 34.3 Å². The van der Waals surface area contributed by atoms with E-state index in [0.29, 0.717) is 5.92 Å². The Bertz CT molecular complexity index is 1290. The maximum Gasteiger partial charge on any atom is 0.0541 e. The molecule has 1 saturated carbocycles. The summed E-state index contributed by atoms with van der Waals surface area (Å²) in [6.07, 6.45) is 18.6. The molecule has 0 N–H and O–H groups in total. The highest BCUT2D eigenvalue weighted by Crippen LogP contribution is 2.62. The second-order valence-corrected chi connectivity index (χ2v) is 9.39. The molecule has 158 valence electrons. The average molecular weight is 416 g/mol. The molecule has 0 amide bonds. The Hall–Kier alpha value is -3.33. The third-order valence-electron chi connectivity index (χ3n) is 7.31. The Morgan fingerprint density at radius 2 is 2.09 bits per heavy atom. The van der Waals surface area contributed by atoms with Crippen LogP contribution in [0.3, 0.4) is 0 Å². The largest absolute Gasteiger partial charge is 0.259 e. The lowest BCUT2D eigenvalue weighted by molar-refractivity contribution is 0.619. The third kappa shape index (κ3) is 3.62. The topological polar surface area (TPSA) is 12.4 Å². The van der Waals surface area contributed by atoms with Gasteiger partial charge < -0.3 is 0 Å². The zero-order valence-corrected chi connectivity index (χ0v) is 19.2. The Balaban J connectivity index is 1.38. The van der Waals surface area contributed by atoms with Crippen molar-refractivity contribution in [3.05, 3.63) is 107 Å². The van der Waals surface area contributed by atoms with Crippen molar-refractivity contribution < 1.29 is 0 Å². The molecule has 32 heavy (non-hydrogen) atoms. The maximum absolute atomic E-state index is 4.51. The van der Waals surface area contributed by atoms with Gasteiger partial charge in [0.05, 0.1) is 11.6 Å². The molecule has 1 heteroatoms. The van der Waals surface area contributed by atoms with Gasteiger partial charge in [-0.1, -0.05) is 73.4 Å². The predicted octanol–water partition coefficient (Wildman–Crippen LogP) is 7.29. The summed E-state index contributed by atoms with van der Waals surface area (Å²) in [5, 5.41) is 0. The Morgan fingerprint density at radius 1 is 1.22 bits per heavy atom. The summed E-state index contributed by atoms with van der Waals surface area (Å²) in [6, 6.07) is 6.58. The van der Waals surface area contributed by atoms with Gasteiger partial charge in [-0.15, -0.1) is 5.73 Å². The predicted molar refractivity (Wildman–Crippen MR) is 135 cm³/mol. The Morgan fingerprint density at radius 3 is 2.91 bits per heavy atom. The molecule has 1 heterocycles. The zero-order valence-electron chi connectivity index (χ0n) is 19.2. The summed E-state index contributed by atoms with van der Waals surface area (Å²) in [4.78, 5) is 4.51. The van der Waals surface area contributed by atoms with Gasteiger partial charge in [0.15, 0.2) is 0 Å². The summed E-state index contributed by atoms with van der Waals surface area (Å²) in [5.41, 5.74) is 13.2. The smallest absolute Gasteiger partial charge is 0.0541 e. The average Bonchev–Trinajstić information content (AvgIpc) is 3.34. The SMILES string of the molecule is C=C=C(CC12C=C(C)C(CC)=CC1C2)c1ccc(C)c(C#CC2=CN=C3C=CC=CC23)c1. The van der Waals surface area contributed by atoms with E-state index in [4.69, 9.17) is 0 Å². The highest BCUT2D eigenvalue weighted by atomic mass is 14.7. The number of hydrogen-bond donors (Lipinski definition) is 0. The molecule has 1 nitrogen and oxygen atoms in total. The van der Waals surface area contributed by atoms with Crippen molar-refractivity contribution in [2.75, 3.05) is 0 Å². The molecule has 4 aliphatic rings. The monoisotopic (exact) mass is 415 g/mol. The number of rotatable bonds is 4. The quantitative estimate of drug-likeness (QED) is 0.362. The van der Waals surface area contributed by atoms with E-state index in [1.54, 1.807) is 0 Å². The first-order valence-electron chi connectivity index (χ1n) is 11.6. The van der Waals surface area contributed by atoms with E-state index in [-0.39, 0.29) is 11.3 Å². The van der Waals surface area contributed by atoms with E-state index in [1.807, 2.05) is 12.3 Å². The molecule has 0 aromatic heterocycles. The van der Waals surface area contributed by atoms with E-state index in [0.717, 1.165) is 29.7 Å². The van der Waals surface area contributed by atoms with E-state index < -0.39 is 0 Å². The van der Waals surface area contributed by atoms with Crippen molar-refractivity contribution in [3.63, 3.8) is 0 Å². The van der Waals surface area contributed by atoms with E-state index in [2.05, 4.69) is 98.5 Å². The van der Waals surface area contributed by atoms with Gasteiger partial charge in [-0.2, -0.15) is 0 Å². The minimum atomic E-state index is 0.202. The van der Waals surface area contributed by atoms with Crippen LogP contribution in [0.5, 0.6) is 0 Å². The number of aryl methyl sites for hydroxylation is 1. The molecular formula is C31H29N. The first-order valence-corrected chi connectivity index (χ1v) is 11.6. The van der Waals surface area contributed by atoms with Gasteiger partial charge >= 0.3 is 0 Å². The lowest BCUT2D eigenvalue weighted by Crippen LogP contribution is -2.09. The van der Waals surface area contributed by atoms with Gasteiger partial charge in [0.25, 0.3) is 0 Å².